The van der Waals surface area contributed by atoms with Gasteiger partial charge in [-0.25, -0.2) is 9.80 Å². The molecule has 0 bridgehead atoms. The maximum atomic E-state index is 13.7. The topological polar surface area (TPSA) is 123 Å². The zero-order valence-corrected chi connectivity index (χ0v) is 22.1. The number of rotatable bonds is 5. The zero-order chi connectivity index (χ0) is 26.4. The Morgan fingerprint density at radius 3 is 2.71 bits per heavy atom. The normalized spacial score (nSPS) is 19.1. The number of thiophene rings is 1. The van der Waals surface area contributed by atoms with Crippen LogP contribution < -0.4 is 10.7 Å². The summed E-state index contributed by atoms with van der Waals surface area (Å²) in [5.74, 6) is -0.208. The van der Waals surface area contributed by atoms with Crippen LogP contribution in [0.15, 0.2) is 30.3 Å². The SMILES string of the molecule is CN(C)[C@H]1CCN(C(=O)c2ccc(-c3n[nH]c4c3C(=O)c3c(NC(=O)NN5CCOCC5)cccc3-4)s2)C1. The van der Waals surface area contributed by atoms with Gasteiger partial charge in [0.05, 0.1) is 45.5 Å². The molecule has 198 valence electrons. The molecule has 1 aromatic carbocycles. The smallest absolute Gasteiger partial charge is 0.333 e. The van der Waals surface area contributed by atoms with E-state index in [9.17, 15) is 14.4 Å². The van der Waals surface area contributed by atoms with Gasteiger partial charge < -0.3 is 19.9 Å². The number of carbonyl (C=O) groups is 3. The molecule has 38 heavy (non-hydrogen) atoms. The third-order valence-corrected chi connectivity index (χ3v) is 8.38. The number of hydrogen-bond acceptors (Lipinski definition) is 8. The van der Waals surface area contributed by atoms with Crippen LogP contribution in [0.1, 0.15) is 32.0 Å². The quantitative estimate of drug-likeness (QED) is 0.359. The van der Waals surface area contributed by atoms with Crippen LogP contribution in [-0.4, -0.2) is 102 Å². The maximum absolute atomic E-state index is 13.7. The highest BCUT2D eigenvalue weighted by molar-refractivity contribution is 7.17. The number of ketones is 1. The van der Waals surface area contributed by atoms with Crippen molar-refractivity contribution in [3.05, 3.63) is 46.3 Å². The predicted octanol–water partition coefficient (Wildman–Crippen LogP) is 2.49. The molecule has 12 heteroatoms. The van der Waals surface area contributed by atoms with Gasteiger partial charge in [-0.1, -0.05) is 12.1 Å². The number of morpholine rings is 1. The number of nitrogens with zero attached hydrogens (tertiary/aromatic N) is 4. The van der Waals surface area contributed by atoms with Crippen LogP contribution in [0.3, 0.4) is 0 Å². The lowest BCUT2D eigenvalue weighted by molar-refractivity contribution is 0.0207. The average Bonchev–Trinajstić information content (AvgIpc) is 3.70. The second-order valence-electron chi connectivity index (χ2n) is 9.87. The number of aromatic amines is 1. The fourth-order valence-corrected chi connectivity index (χ4v) is 6.19. The average molecular weight is 536 g/mol. The Labute approximate surface area is 223 Å². The minimum absolute atomic E-state index is 0.00478. The summed E-state index contributed by atoms with van der Waals surface area (Å²) in [5, 5.41) is 12.1. The lowest BCUT2D eigenvalue weighted by atomic mass is 10.1. The largest absolute Gasteiger partial charge is 0.379 e. The molecule has 4 heterocycles. The molecule has 0 radical (unpaired) electrons. The standard InChI is InChI=1S/C26H29N7O4S/c1-31(2)15-8-9-32(14-15)25(35)19-7-6-18(38-19)23-21-22(28-29-23)16-4-3-5-17(20(16)24(21)34)27-26(36)30-33-10-12-37-13-11-33/h3-7,15H,8-14H2,1-2H3,(H,28,29)(H2,27,30,36)/t15-/m0/s1. The summed E-state index contributed by atoms with van der Waals surface area (Å²) in [6.07, 6.45) is 0.956. The van der Waals surface area contributed by atoms with Crippen LogP contribution in [-0.2, 0) is 4.74 Å². The highest BCUT2D eigenvalue weighted by atomic mass is 32.1. The number of carbonyl (C=O) groups excluding carboxylic acids is 3. The van der Waals surface area contributed by atoms with E-state index in [1.54, 1.807) is 17.1 Å². The lowest BCUT2D eigenvalue weighted by Gasteiger charge is -2.27. The third-order valence-electron chi connectivity index (χ3n) is 7.30. The number of ether oxygens (including phenoxy) is 1. The van der Waals surface area contributed by atoms with E-state index in [2.05, 4.69) is 25.8 Å². The Balaban J connectivity index is 1.22. The zero-order valence-electron chi connectivity index (χ0n) is 21.2. The van der Waals surface area contributed by atoms with Crippen LogP contribution >= 0.6 is 11.3 Å². The number of benzene rings is 1. The summed E-state index contributed by atoms with van der Waals surface area (Å²) in [4.78, 5) is 44.8. The Kier molecular flexibility index (Phi) is 6.48. The second kappa shape index (κ2) is 9.95. The molecule has 0 saturated carbocycles. The molecule has 3 N–H and O–H groups in total. The van der Waals surface area contributed by atoms with Crippen molar-refractivity contribution in [2.75, 3.05) is 58.8 Å². The van der Waals surface area contributed by atoms with E-state index in [1.165, 1.54) is 11.3 Å². The molecule has 0 spiro atoms. The highest BCUT2D eigenvalue weighted by Crippen LogP contribution is 2.44. The minimum Gasteiger partial charge on any atom is -0.379 e. The van der Waals surface area contributed by atoms with Crippen LogP contribution in [0.25, 0.3) is 21.8 Å². The summed E-state index contributed by atoms with van der Waals surface area (Å²) in [6.45, 7) is 3.73. The van der Waals surface area contributed by atoms with E-state index < -0.39 is 6.03 Å². The van der Waals surface area contributed by atoms with E-state index in [0.29, 0.717) is 77.5 Å². The Morgan fingerprint density at radius 2 is 1.95 bits per heavy atom. The molecule has 0 unspecified atom stereocenters. The van der Waals surface area contributed by atoms with Crippen molar-refractivity contribution < 1.29 is 19.1 Å². The molecule has 2 fully saturated rings. The summed E-state index contributed by atoms with van der Waals surface area (Å²) in [6, 6.07) is 8.95. The number of hydrogen-bond donors (Lipinski definition) is 3. The van der Waals surface area contributed by atoms with E-state index in [1.807, 2.05) is 37.2 Å². The van der Waals surface area contributed by atoms with Crippen molar-refractivity contribution in [1.82, 2.24) is 30.4 Å². The van der Waals surface area contributed by atoms with Gasteiger partial charge in [0.25, 0.3) is 5.91 Å². The van der Waals surface area contributed by atoms with Crippen molar-refractivity contribution in [3.8, 4) is 21.8 Å². The molecule has 2 saturated heterocycles. The van der Waals surface area contributed by atoms with E-state index in [-0.39, 0.29) is 11.7 Å². The van der Waals surface area contributed by atoms with Crippen LogP contribution in [0.2, 0.25) is 0 Å². The maximum Gasteiger partial charge on any atom is 0.333 e. The number of fused-ring (bicyclic) bond motifs is 3. The first-order valence-electron chi connectivity index (χ1n) is 12.6. The molecule has 2 aromatic heterocycles. The number of amides is 3. The van der Waals surface area contributed by atoms with Crippen molar-refractivity contribution in [2.24, 2.45) is 0 Å². The number of anilines is 1. The Bertz CT molecular complexity index is 1410. The van der Waals surface area contributed by atoms with Gasteiger partial charge >= 0.3 is 6.03 Å². The number of urea groups is 1. The number of H-pyrrole nitrogens is 1. The van der Waals surface area contributed by atoms with Crippen LogP contribution in [0, 0.1) is 0 Å². The molecule has 2 aliphatic heterocycles. The summed E-state index contributed by atoms with van der Waals surface area (Å²) < 4.78 is 5.31. The number of likely N-dealkylation sites (tertiary alicyclic amines) is 1. The van der Waals surface area contributed by atoms with Crippen LogP contribution in [0.4, 0.5) is 10.5 Å². The highest BCUT2D eigenvalue weighted by Gasteiger charge is 2.36. The van der Waals surface area contributed by atoms with Crippen molar-refractivity contribution >= 4 is 34.7 Å². The van der Waals surface area contributed by atoms with E-state index in [4.69, 9.17) is 4.74 Å². The number of hydrazine groups is 1. The predicted molar refractivity (Wildman–Crippen MR) is 143 cm³/mol. The molecule has 1 atom stereocenters. The molecular weight excluding hydrogens is 506 g/mol. The van der Waals surface area contributed by atoms with Crippen molar-refractivity contribution in [2.45, 2.75) is 12.5 Å². The van der Waals surface area contributed by atoms with Crippen molar-refractivity contribution in [3.63, 3.8) is 0 Å². The Hall–Kier alpha value is -3.58. The van der Waals surface area contributed by atoms with Crippen molar-refractivity contribution in [1.29, 1.82) is 0 Å². The minimum atomic E-state index is -0.415. The van der Waals surface area contributed by atoms with Gasteiger partial charge in [0.2, 0.25) is 0 Å². The first kappa shape index (κ1) is 24.7. The summed E-state index contributed by atoms with van der Waals surface area (Å²) in [7, 11) is 4.07. The molecule has 3 aromatic rings. The summed E-state index contributed by atoms with van der Waals surface area (Å²) >= 11 is 1.34. The molecule has 1 aliphatic carbocycles. The molecular formula is C26H29N7O4S. The van der Waals surface area contributed by atoms with Gasteiger partial charge in [-0.3, -0.25) is 20.1 Å². The van der Waals surface area contributed by atoms with E-state index in [0.717, 1.165) is 17.8 Å². The van der Waals surface area contributed by atoms with E-state index >= 15 is 0 Å². The molecule has 3 amide bonds. The number of likely N-dealkylation sites (N-methyl/N-ethyl adjacent to an activating group) is 1. The van der Waals surface area contributed by atoms with Gasteiger partial charge in [-0.15, -0.1) is 11.3 Å². The summed E-state index contributed by atoms with van der Waals surface area (Å²) in [5.41, 5.74) is 5.94. The monoisotopic (exact) mass is 535 g/mol. The van der Waals surface area contributed by atoms with Gasteiger partial charge in [-0.05, 0) is 38.7 Å². The van der Waals surface area contributed by atoms with Gasteiger partial charge in [-0.2, -0.15) is 5.10 Å². The first-order valence-corrected chi connectivity index (χ1v) is 13.4. The van der Waals surface area contributed by atoms with Crippen LogP contribution in [0.5, 0.6) is 0 Å². The Morgan fingerprint density at radius 1 is 1.13 bits per heavy atom. The lowest BCUT2D eigenvalue weighted by Crippen LogP contribution is -2.49. The van der Waals surface area contributed by atoms with Gasteiger partial charge in [0, 0.05) is 37.8 Å². The fourth-order valence-electron chi connectivity index (χ4n) is 5.22. The fraction of sp³-hybridized carbons (Fsp3) is 0.385. The number of aromatic nitrogens is 2. The molecule has 3 aliphatic rings. The molecule has 11 nitrogen and oxygen atoms in total. The first-order chi connectivity index (χ1) is 18.4. The number of nitrogens with one attached hydrogen (secondary N) is 3. The molecule has 6 rings (SSSR count). The third kappa shape index (κ3) is 4.39. The second-order valence-corrected chi connectivity index (χ2v) is 10.9. The van der Waals surface area contributed by atoms with Gasteiger partial charge in [0.1, 0.15) is 5.69 Å². The van der Waals surface area contributed by atoms with Gasteiger partial charge in [0.15, 0.2) is 5.78 Å².